The highest BCUT2D eigenvalue weighted by Crippen LogP contribution is 2.15. The Bertz CT molecular complexity index is 733. The fourth-order valence-electron chi connectivity index (χ4n) is 2.11. The van der Waals surface area contributed by atoms with Gasteiger partial charge in [0.05, 0.1) is 13.0 Å². The number of hydrogen-bond donors (Lipinski definition) is 1. The third-order valence-electron chi connectivity index (χ3n) is 3.34. The largest absolute Gasteiger partial charge is 0.492 e. The van der Waals surface area contributed by atoms with Gasteiger partial charge in [-0.1, -0.05) is 41.9 Å². The summed E-state index contributed by atoms with van der Waals surface area (Å²) in [5, 5.41) is 3.13. The second kappa shape index (κ2) is 9.69. The molecule has 0 atom stereocenters. The first-order valence-corrected chi connectivity index (χ1v) is 8.27. The Hall–Kier alpha value is -2.53. The molecule has 2 rings (SSSR count). The molecule has 0 aliphatic rings. The van der Waals surface area contributed by atoms with Crippen molar-refractivity contribution in [1.29, 1.82) is 0 Å². The zero-order chi connectivity index (χ0) is 18.1. The number of rotatable bonds is 8. The smallest absolute Gasteiger partial charge is 0.310 e. The van der Waals surface area contributed by atoms with Gasteiger partial charge >= 0.3 is 5.97 Å². The van der Waals surface area contributed by atoms with E-state index in [1.807, 2.05) is 31.2 Å². The van der Waals surface area contributed by atoms with Crippen LogP contribution >= 0.6 is 11.6 Å². The van der Waals surface area contributed by atoms with Crippen LogP contribution in [-0.4, -0.2) is 31.6 Å². The van der Waals surface area contributed by atoms with Gasteiger partial charge in [0, 0.05) is 5.02 Å². The van der Waals surface area contributed by atoms with E-state index in [-0.39, 0.29) is 18.9 Å². The normalized spacial score (nSPS) is 10.2. The Balaban J connectivity index is 1.62. The maximum atomic E-state index is 11.7. The number of benzene rings is 2. The molecule has 6 heteroatoms. The number of nitrogens with one attached hydrogen (secondary N) is 1. The van der Waals surface area contributed by atoms with Crippen LogP contribution in [0, 0.1) is 6.92 Å². The average molecular weight is 362 g/mol. The monoisotopic (exact) mass is 361 g/mol. The molecule has 0 aliphatic heterocycles. The average Bonchev–Trinajstić information content (AvgIpc) is 2.59. The van der Waals surface area contributed by atoms with Gasteiger partial charge in [0.25, 0.3) is 5.91 Å². The van der Waals surface area contributed by atoms with Crippen LogP contribution in [0.1, 0.15) is 11.1 Å². The number of ether oxygens (including phenoxy) is 2. The Kier molecular flexibility index (Phi) is 7.29. The molecule has 0 bridgehead atoms. The van der Waals surface area contributed by atoms with Crippen molar-refractivity contribution in [3.05, 3.63) is 64.7 Å². The summed E-state index contributed by atoms with van der Waals surface area (Å²) in [7, 11) is 0. The van der Waals surface area contributed by atoms with Crippen LogP contribution in [-0.2, 0) is 20.7 Å². The molecule has 5 nitrogen and oxygen atoms in total. The minimum atomic E-state index is -0.501. The van der Waals surface area contributed by atoms with Crippen LogP contribution in [0.3, 0.4) is 0 Å². The summed E-state index contributed by atoms with van der Waals surface area (Å²) in [4.78, 5) is 23.4. The predicted octanol–water partition coefficient (Wildman–Crippen LogP) is 2.93. The van der Waals surface area contributed by atoms with Crippen molar-refractivity contribution in [2.75, 3.05) is 19.8 Å². The highest BCUT2D eigenvalue weighted by atomic mass is 35.5. The lowest BCUT2D eigenvalue weighted by Gasteiger charge is -2.09. The fraction of sp³-hybridized carbons (Fsp3) is 0.263. The van der Waals surface area contributed by atoms with Gasteiger partial charge in [0.2, 0.25) is 0 Å². The van der Waals surface area contributed by atoms with E-state index in [4.69, 9.17) is 21.1 Å². The number of carbonyl (C=O) groups excluding carboxylic acids is 2. The second-order valence-corrected chi connectivity index (χ2v) is 5.85. The molecule has 0 heterocycles. The van der Waals surface area contributed by atoms with Gasteiger partial charge in [-0.3, -0.25) is 9.59 Å². The SMILES string of the molecule is Cc1cccc(OCCNC(=O)COC(=O)Cc2ccccc2Cl)c1. The number of amides is 1. The molecule has 0 spiro atoms. The minimum Gasteiger partial charge on any atom is -0.492 e. The molecule has 0 saturated heterocycles. The Labute approximate surface area is 151 Å². The maximum Gasteiger partial charge on any atom is 0.310 e. The molecule has 0 radical (unpaired) electrons. The minimum absolute atomic E-state index is 0.0312. The lowest BCUT2D eigenvalue weighted by Crippen LogP contribution is -2.32. The van der Waals surface area contributed by atoms with Crippen molar-refractivity contribution >= 4 is 23.5 Å². The molecule has 2 aromatic rings. The van der Waals surface area contributed by atoms with Crippen LogP contribution < -0.4 is 10.1 Å². The van der Waals surface area contributed by atoms with E-state index in [2.05, 4.69) is 5.32 Å². The van der Waals surface area contributed by atoms with Gasteiger partial charge < -0.3 is 14.8 Å². The summed E-state index contributed by atoms with van der Waals surface area (Å²) in [6, 6.07) is 14.7. The summed E-state index contributed by atoms with van der Waals surface area (Å²) in [6.07, 6.45) is 0.0312. The third kappa shape index (κ3) is 6.85. The summed E-state index contributed by atoms with van der Waals surface area (Å²) < 4.78 is 10.5. The lowest BCUT2D eigenvalue weighted by molar-refractivity contribution is -0.147. The van der Waals surface area contributed by atoms with Gasteiger partial charge in [-0.2, -0.15) is 0 Å². The highest BCUT2D eigenvalue weighted by molar-refractivity contribution is 6.31. The fourth-order valence-corrected chi connectivity index (χ4v) is 2.31. The van der Waals surface area contributed by atoms with Gasteiger partial charge in [-0.05, 0) is 36.2 Å². The first-order chi connectivity index (χ1) is 12.0. The van der Waals surface area contributed by atoms with E-state index in [1.54, 1.807) is 24.3 Å². The molecule has 0 saturated carbocycles. The molecule has 0 fully saturated rings. The molecule has 0 aliphatic carbocycles. The summed E-state index contributed by atoms with van der Waals surface area (Å²) in [5.74, 6) is -0.125. The number of hydrogen-bond acceptors (Lipinski definition) is 4. The quantitative estimate of drug-likeness (QED) is 0.580. The zero-order valence-electron chi connectivity index (χ0n) is 14.0. The van der Waals surface area contributed by atoms with Gasteiger partial charge in [-0.15, -0.1) is 0 Å². The van der Waals surface area contributed by atoms with E-state index < -0.39 is 5.97 Å². The molecule has 25 heavy (non-hydrogen) atoms. The zero-order valence-corrected chi connectivity index (χ0v) is 14.7. The van der Waals surface area contributed by atoms with E-state index in [1.165, 1.54) is 0 Å². The van der Waals surface area contributed by atoms with E-state index >= 15 is 0 Å². The Morgan fingerprint density at radius 2 is 1.92 bits per heavy atom. The molecular formula is C19H20ClNO4. The van der Waals surface area contributed by atoms with Crippen molar-refractivity contribution in [3.63, 3.8) is 0 Å². The molecule has 1 amide bonds. The lowest BCUT2D eigenvalue weighted by atomic mass is 10.1. The van der Waals surface area contributed by atoms with Crippen molar-refractivity contribution in [1.82, 2.24) is 5.32 Å². The van der Waals surface area contributed by atoms with Crippen LogP contribution in [0.4, 0.5) is 0 Å². The van der Waals surface area contributed by atoms with Gasteiger partial charge in [0.15, 0.2) is 6.61 Å². The standard InChI is InChI=1S/C19H20ClNO4/c1-14-5-4-7-16(11-14)24-10-9-21-18(22)13-25-19(23)12-15-6-2-3-8-17(15)20/h2-8,11H,9-10,12-13H2,1H3,(H,21,22). The van der Waals surface area contributed by atoms with E-state index in [9.17, 15) is 9.59 Å². The maximum absolute atomic E-state index is 11.7. The van der Waals surface area contributed by atoms with Crippen LogP contribution in [0.2, 0.25) is 5.02 Å². The van der Waals surface area contributed by atoms with Crippen molar-refractivity contribution in [3.8, 4) is 5.75 Å². The number of carbonyl (C=O) groups is 2. The number of aryl methyl sites for hydroxylation is 1. The molecule has 0 unspecified atom stereocenters. The number of esters is 1. The first kappa shape index (κ1) is 18.8. The highest BCUT2D eigenvalue weighted by Gasteiger charge is 2.10. The predicted molar refractivity (Wildman–Crippen MR) is 95.8 cm³/mol. The molecule has 1 N–H and O–H groups in total. The number of halogens is 1. The van der Waals surface area contributed by atoms with Crippen LogP contribution in [0.25, 0.3) is 0 Å². The Morgan fingerprint density at radius 3 is 2.68 bits per heavy atom. The molecule has 0 aromatic heterocycles. The van der Waals surface area contributed by atoms with Crippen LogP contribution in [0.15, 0.2) is 48.5 Å². The van der Waals surface area contributed by atoms with Crippen molar-refractivity contribution in [2.45, 2.75) is 13.3 Å². The topological polar surface area (TPSA) is 64.6 Å². The summed E-state index contributed by atoms with van der Waals surface area (Å²) >= 11 is 5.97. The first-order valence-electron chi connectivity index (χ1n) is 7.90. The second-order valence-electron chi connectivity index (χ2n) is 5.44. The summed E-state index contributed by atoms with van der Waals surface area (Å²) in [5.41, 5.74) is 1.77. The summed E-state index contributed by atoms with van der Waals surface area (Å²) in [6.45, 7) is 2.32. The van der Waals surface area contributed by atoms with Crippen molar-refractivity contribution < 1.29 is 19.1 Å². The van der Waals surface area contributed by atoms with Gasteiger partial charge in [0.1, 0.15) is 12.4 Å². The van der Waals surface area contributed by atoms with Gasteiger partial charge in [-0.25, -0.2) is 0 Å². The Morgan fingerprint density at radius 1 is 1.12 bits per heavy atom. The third-order valence-corrected chi connectivity index (χ3v) is 3.71. The molecule has 132 valence electrons. The molecule has 2 aromatic carbocycles. The van der Waals surface area contributed by atoms with E-state index in [0.29, 0.717) is 23.7 Å². The molecular weight excluding hydrogens is 342 g/mol. The van der Waals surface area contributed by atoms with E-state index in [0.717, 1.165) is 11.3 Å². The van der Waals surface area contributed by atoms with Crippen LogP contribution in [0.5, 0.6) is 5.75 Å². The van der Waals surface area contributed by atoms with Crippen molar-refractivity contribution in [2.24, 2.45) is 0 Å².